The third-order valence-electron chi connectivity index (χ3n) is 7.19. The van der Waals surface area contributed by atoms with Crippen molar-refractivity contribution >= 4 is 35.1 Å². The molecule has 1 heterocycles. The first-order valence-electron chi connectivity index (χ1n) is 12.9. The number of rotatable bonds is 13. The number of hydrogen-bond acceptors (Lipinski definition) is 9. The van der Waals surface area contributed by atoms with Gasteiger partial charge in [-0.05, 0) is 61.1 Å². The van der Waals surface area contributed by atoms with E-state index in [2.05, 4.69) is 30.9 Å². The highest BCUT2D eigenvalue weighted by Gasteiger charge is 2.48. The predicted molar refractivity (Wildman–Crippen MR) is 146 cm³/mol. The monoisotopic (exact) mass is 591 g/mol. The lowest BCUT2D eigenvalue weighted by Crippen LogP contribution is -2.36. The Balaban J connectivity index is 1.31. The van der Waals surface area contributed by atoms with Crippen LogP contribution in [-0.2, 0) is 15.1 Å². The van der Waals surface area contributed by atoms with E-state index in [4.69, 9.17) is 26.8 Å². The molecular formula is C27H29ClF3N7O3. The third-order valence-corrected chi connectivity index (χ3v) is 7.44. The molecular weight excluding hydrogens is 563 g/mol. The van der Waals surface area contributed by atoms with Crippen LogP contribution in [0.4, 0.5) is 30.8 Å². The van der Waals surface area contributed by atoms with Crippen LogP contribution in [0.1, 0.15) is 43.0 Å². The van der Waals surface area contributed by atoms with Crippen LogP contribution >= 0.6 is 11.6 Å². The number of anilines is 3. The third kappa shape index (κ3) is 7.16. The van der Waals surface area contributed by atoms with Crippen LogP contribution in [0.5, 0.6) is 6.01 Å². The lowest BCUT2D eigenvalue weighted by Gasteiger charge is -2.21. The number of nitrogens with one attached hydrogen (secondary N) is 3. The fraction of sp³-hybridized carbons (Fsp3) is 0.407. The van der Waals surface area contributed by atoms with Crippen molar-refractivity contribution in [2.45, 2.75) is 43.6 Å². The highest BCUT2D eigenvalue weighted by molar-refractivity contribution is 6.30. The molecule has 0 radical (unpaired) electrons. The number of nitrogens with two attached hydrogens (primary N) is 1. The van der Waals surface area contributed by atoms with Crippen LogP contribution in [0.15, 0.2) is 48.5 Å². The number of alkyl halides is 3. The highest BCUT2D eigenvalue weighted by atomic mass is 35.5. The molecule has 0 bridgehead atoms. The van der Waals surface area contributed by atoms with E-state index < -0.39 is 36.0 Å². The summed E-state index contributed by atoms with van der Waals surface area (Å²) in [4.78, 5) is 24.2. The zero-order chi connectivity index (χ0) is 29.3. The van der Waals surface area contributed by atoms with Crippen molar-refractivity contribution in [3.05, 3.63) is 64.7 Å². The van der Waals surface area contributed by atoms with Gasteiger partial charge in [0.2, 0.25) is 17.8 Å². The summed E-state index contributed by atoms with van der Waals surface area (Å²) in [5.74, 6) is -0.265. The summed E-state index contributed by atoms with van der Waals surface area (Å²) in [6.45, 7) is -1.14. The number of methoxy groups -OCH3 is 1. The van der Waals surface area contributed by atoms with Gasteiger partial charge in [-0.1, -0.05) is 35.9 Å². The van der Waals surface area contributed by atoms with Gasteiger partial charge in [0.1, 0.15) is 6.23 Å². The number of halogens is 4. The Kier molecular flexibility index (Phi) is 7.95. The topological polar surface area (TPSA) is 136 Å². The molecule has 0 aliphatic heterocycles. The minimum Gasteiger partial charge on any atom is -0.454 e. The van der Waals surface area contributed by atoms with Crippen molar-refractivity contribution in [3.63, 3.8) is 0 Å². The van der Waals surface area contributed by atoms with Crippen LogP contribution in [0.25, 0.3) is 0 Å². The van der Waals surface area contributed by atoms with Crippen molar-refractivity contribution in [1.29, 1.82) is 0 Å². The summed E-state index contributed by atoms with van der Waals surface area (Å²) >= 11 is 6.02. The van der Waals surface area contributed by atoms with Gasteiger partial charge in [-0.3, -0.25) is 10.1 Å². The van der Waals surface area contributed by atoms with Crippen molar-refractivity contribution in [1.82, 2.24) is 20.3 Å². The maximum absolute atomic E-state index is 12.8. The molecule has 3 aromatic rings. The Morgan fingerprint density at radius 3 is 2.24 bits per heavy atom. The zero-order valence-corrected chi connectivity index (χ0v) is 22.9. The van der Waals surface area contributed by atoms with E-state index in [1.54, 1.807) is 43.5 Å². The van der Waals surface area contributed by atoms with Crippen molar-refractivity contribution in [3.8, 4) is 6.01 Å². The van der Waals surface area contributed by atoms with Crippen LogP contribution in [0.2, 0.25) is 5.02 Å². The van der Waals surface area contributed by atoms with Gasteiger partial charge in [0, 0.05) is 24.4 Å². The van der Waals surface area contributed by atoms with E-state index in [0.717, 1.165) is 36.8 Å². The molecule has 0 saturated heterocycles. The molecule has 1 atom stereocenters. The fourth-order valence-electron chi connectivity index (χ4n) is 4.43. The number of ether oxygens (including phenoxy) is 2. The molecule has 2 aliphatic rings. The van der Waals surface area contributed by atoms with Crippen LogP contribution in [0.3, 0.4) is 0 Å². The zero-order valence-electron chi connectivity index (χ0n) is 22.1. The molecule has 41 heavy (non-hydrogen) atoms. The first kappa shape index (κ1) is 28.8. The molecule has 14 heteroatoms. The number of amides is 1. The molecule has 5 N–H and O–H groups in total. The van der Waals surface area contributed by atoms with Crippen LogP contribution < -0.4 is 26.4 Å². The van der Waals surface area contributed by atoms with Gasteiger partial charge < -0.3 is 25.8 Å². The Labute approximate surface area is 239 Å². The summed E-state index contributed by atoms with van der Waals surface area (Å²) in [6.07, 6.45) is -2.00. The maximum Gasteiger partial charge on any atom is 0.422 e. The van der Waals surface area contributed by atoms with Gasteiger partial charge in [-0.2, -0.15) is 28.1 Å². The second-order valence-corrected chi connectivity index (χ2v) is 10.7. The Hall–Kier alpha value is -3.68. The number of primary amides is 1. The second-order valence-electron chi connectivity index (χ2n) is 10.3. The molecule has 218 valence electrons. The standard InChI is InChI=1S/C27H29ClF3N7O3/c1-40-20(33-14-25(10-11-25)21(32)39)16-2-8-19(9-3-16)34-22-35-23(37-24(36-22)41-15-27(29,30)31)38-26(12-13-26)17-4-6-18(28)7-5-17/h2-9,20,33H,10-15H2,1H3,(H2,32,39)(H2,34,35,36,37,38). The maximum atomic E-state index is 12.8. The van der Waals surface area contributed by atoms with Gasteiger partial charge in [-0.25, -0.2) is 0 Å². The molecule has 5 rings (SSSR count). The molecule has 2 fully saturated rings. The Morgan fingerprint density at radius 2 is 1.68 bits per heavy atom. The van der Waals surface area contributed by atoms with E-state index in [1.165, 1.54) is 0 Å². The molecule has 1 unspecified atom stereocenters. The number of nitrogens with zero attached hydrogens (tertiary/aromatic N) is 3. The minimum atomic E-state index is -4.56. The highest BCUT2D eigenvalue weighted by Crippen LogP contribution is 2.48. The lowest BCUT2D eigenvalue weighted by molar-refractivity contribution is -0.154. The summed E-state index contributed by atoms with van der Waals surface area (Å²) < 4.78 is 48.9. The summed E-state index contributed by atoms with van der Waals surface area (Å²) in [7, 11) is 1.55. The van der Waals surface area contributed by atoms with E-state index >= 15 is 0 Å². The quantitative estimate of drug-likeness (QED) is 0.206. The number of hydrogen-bond donors (Lipinski definition) is 4. The molecule has 0 spiro atoms. The van der Waals surface area contributed by atoms with E-state index in [0.29, 0.717) is 17.3 Å². The minimum absolute atomic E-state index is 0.00196. The van der Waals surface area contributed by atoms with Gasteiger partial charge in [-0.15, -0.1) is 0 Å². The van der Waals surface area contributed by atoms with E-state index in [1.807, 2.05) is 12.1 Å². The molecule has 1 amide bonds. The summed E-state index contributed by atoms with van der Waals surface area (Å²) in [5, 5.41) is 10.0. The van der Waals surface area contributed by atoms with Crippen molar-refractivity contribution < 1.29 is 27.4 Å². The SMILES string of the molecule is COC(NCC1(C(N)=O)CC1)c1ccc(Nc2nc(NC3(c4ccc(Cl)cc4)CC3)nc(OCC(F)(F)F)n2)cc1. The Bertz CT molecular complexity index is 1380. The second kappa shape index (κ2) is 11.3. The largest absolute Gasteiger partial charge is 0.454 e. The average molecular weight is 592 g/mol. The number of carbonyl (C=O) groups excluding carboxylic acids is 1. The lowest BCUT2D eigenvalue weighted by atomic mass is 10.1. The normalized spacial score (nSPS) is 17.4. The molecule has 2 saturated carbocycles. The number of benzene rings is 2. The summed E-state index contributed by atoms with van der Waals surface area (Å²) in [6, 6.07) is 13.9. The predicted octanol–water partition coefficient (Wildman–Crippen LogP) is 4.81. The van der Waals surface area contributed by atoms with E-state index in [9.17, 15) is 18.0 Å². The Morgan fingerprint density at radius 1 is 1.02 bits per heavy atom. The summed E-state index contributed by atoms with van der Waals surface area (Å²) in [5.41, 5.74) is 6.83. The fourth-order valence-corrected chi connectivity index (χ4v) is 4.56. The smallest absolute Gasteiger partial charge is 0.422 e. The van der Waals surface area contributed by atoms with Gasteiger partial charge >= 0.3 is 12.2 Å². The molecule has 1 aromatic heterocycles. The number of aromatic nitrogens is 3. The first-order chi connectivity index (χ1) is 19.5. The first-order valence-corrected chi connectivity index (χ1v) is 13.3. The van der Waals surface area contributed by atoms with Crippen molar-refractivity contribution in [2.75, 3.05) is 30.9 Å². The van der Waals surface area contributed by atoms with Crippen molar-refractivity contribution in [2.24, 2.45) is 11.1 Å². The van der Waals surface area contributed by atoms with Gasteiger partial charge in [0.25, 0.3) is 0 Å². The molecule has 10 nitrogen and oxygen atoms in total. The van der Waals surface area contributed by atoms with E-state index in [-0.39, 0.29) is 17.8 Å². The van der Waals surface area contributed by atoms with Gasteiger partial charge in [0.15, 0.2) is 6.61 Å². The van der Waals surface area contributed by atoms with Gasteiger partial charge in [0.05, 0.1) is 11.0 Å². The van der Waals surface area contributed by atoms with Crippen LogP contribution in [-0.4, -0.2) is 47.3 Å². The molecule has 2 aromatic carbocycles. The number of carbonyl (C=O) groups is 1. The van der Waals surface area contributed by atoms with Crippen LogP contribution in [0, 0.1) is 5.41 Å². The average Bonchev–Trinajstić information content (AvgIpc) is 3.86. The molecule has 2 aliphatic carbocycles.